The minimum absolute atomic E-state index is 0.199. The van der Waals surface area contributed by atoms with Crippen LogP contribution in [0.4, 0.5) is 5.69 Å². The predicted molar refractivity (Wildman–Crippen MR) is 85.1 cm³/mol. The van der Waals surface area contributed by atoms with Crippen LogP contribution in [0, 0.1) is 0 Å². The maximum atomic E-state index is 11.1. The van der Waals surface area contributed by atoms with Gasteiger partial charge in [0.15, 0.2) is 0 Å². The lowest BCUT2D eigenvalue weighted by atomic mass is 10.0. The maximum absolute atomic E-state index is 11.1. The number of hydrogen-bond donors (Lipinski definition) is 2. The van der Waals surface area contributed by atoms with Crippen LogP contribution in [0.2, 0.25) is 0 Å². The zero-order valence-corrected chi connectivity index (χ0v) is 12.1. The van der Waals surface area contributed by atoms with E-state index in [2.05, 4.69) is 36.5 Å². The molecule has 0 amide bonds. The van der Waals surface area contributed by atoms with E-state index in [1.165, 1.54) is 11.6 Å². The van der Waals surface area contributed by atoms with Gasteiger partial charge in [-0.1, -0.05) is 50.2 Å². The highest BCUT2D eigenvalue weighted by molar-refractivity contribution is 5.94. The molecule has 0 fully saturated rings. The largest absolute Gasteiger partial charge is 0.478 e. The van der Waals surface area contributed by atoms with Crippen LogP contribution in [-0.2, 0) is 0 Å². The van der Waals surface area contributed by atoms with Gasteiger partial charge in [-0.25, -0.2) is 4.79 Å². The van der Waals surface area contributed by atoms with E-state index in [4.69, 9.17) is 5.11 Å². The number of rotatable bonds is 5. The van der Waals surface area contributed by atoms with Crippen LogP contribution in [-0.4, -0.2) is 17.3 Å². The van der Waals surface area contributed by atoms with E-state index in [1.54, 1.807) is 24.4 Å². The fraction of sp³-hybridized carbons (Fsp3) is 0.176. The van der Waals surface area contributed by atoms with Crippen LogP contribution in [0.15, 0.2) is 53.6 Å². The minimum Gasteiger partial charge on any atom is -0.478 e. The van der Waals surface area contributed by atoms with Crippen molar-refractivity contribution in [1.29, 1.82) is 0 Å². The van der Waals surface area contributed by atoms with Crippen LogP contribution in [0.1, 0.15) is 41.3 Å². The third-order valence-corrected chi connectivity index (χ3v) is 3.16. The molecule has 0 aliphatic carbocycles. The summed E-state index contributed by atoms with van der Waals surface area (Å²) < 4.78 is 0. The van der Waals surface area contributed by atoms with E-state index in [9.17, 15) is 4.79 Å². The van der Waals surface area contributed by atoms with Gasteiger partial charge < -0.3 is 5.11 Å². The highest BCUT2D eigenvalue weighted by Gasteiger charge is 2.07. The van der Waals surface area contributed by atoms with Gasteiger partial charge in [0.05, 0.1) is 17.5 Å². The molecule has 2 aromatic carbocycles. The number of aromatic carboxylic acids is 1. The van der Waals surface area contributed by atoms with E-state index in [-0.39, 0.29) is 5.56 Å². The highest BCUT2D eigenvalue weighted by Crippen LogP contribution is 2.15. The van der Waals surface area contributed by atoms with Gasteiger partial charge in [-0.2, -0.15) is 5.10 Å². The summed E-state index contributed by atoms with van der Waals surface area (Å²) in [7, 11) is 0. The zero-order chi connectivity index (χ0) is 15.2. The second-order valence-electron chi connectivity index (χ2n) is 5.04. The average Bonchev–Trinajstić information content (AvgIpc) is 2.48. The molecule has 0 aromatic heterocycles. The molecule has 0 atom stereocenters. The number of hydrazone groups is 1. The summed E-state index contributed by atoms with van der Waals surface area (Å²) in [6.45, 7) is 4.29. The summed E-state index contributed by atoms with van der Waals surface area (Å²) >= 11 is 0. The first-order chi connectivity index (χ1) is 10.1. The topological polar surface area (TPSA) is 61.7 Å². The van der Waals surface area contributed by atoms with E-state index in [0.717, 1.165) is 5.56 Å². The number of benzene rings is 2. The normalized spacial score (nSPS) is 11.0. The third kappa shape index (κ3) is 3.92. The second kappa shape index (κ2) is 6.70. The second-order valence-corrected chi connectivity index (χ2v) is 5.04. The number of para-hydroxylation sites is 1. The standard InChI is InChI=1S/C17H18N2O2/c1-12(2)14-9-7-13(8-10-14)11-18-19-16-6-4-3-5-15(16)17(20)21/h3-12,19H,1-2H3,(H,20,21)/b18-11+. The number of carbonyl (C=O) groups is 1. The van der Waals surface area contributed by atoms with E-state index < -0.39 is 5.97 Å². The van der Waals surface area contributed by atoms with Gasteiger partial charge in [0.25, 0.3) is 0 Å². The molecule has 0 aliphatic heterocycles. The van der Waals surface area contributed by atoms with Crippen LogP contribution in [0.3, 0.4) is 0 Å². The number of hydrogen-bond acceptors (Lipinski definition) is 3. The molecular formula is C17H18N2O2. The lowest BCUT2D eigenvalue weighted by molar-refractivity contribution is 0.0698. The third-order valence-electron chi connectivity index (χ3n) is 3.16. The van der Waals surface area contributed by atoms with Crippen molar-refractivity contribution in [2.24, 2.45) is 5.10 Å². The Morgan fingerprint density at radius 1 is 1.14 bits per heavy atom. The number of anilines is 1. The molecule has 0 saturated carbocycles. The molecule has 2 N–H and O–H groups in total. The van der Waals surface area contributed by atoms with Crippen LogP contribution >= 0.6 is 0 Å². The summed E-state index contributed by atoms with van der Waals surface area (Å²) in [6.07, 6.45) is 1.67. The summed E-state index contributed by atoms with van der Waals surface area (Å²) in [5, 5.41) is 13.2. The van der Waals surface area contributed by atoms with Gasteiger partial charge >= 0.3 is 5.97 Å². The SMILES string of the molecule is CC(C)c1ccc(/C=N/Nc2ccccc2C(=O)O)cc1. The van der Waals surface area contributed by atoms with Gasteiger partial charge in [-0.05, 0) is 29.2 Å². The molecule has 2 aromatic rings. The Kier molecular flexibility index (Phi) is 4.72. The Labute approximate surface area is 124 Å². The Morgan fingerprint density at radius 3 is 2.43 bits per heavy atom. The summed E-state index contributed by atoms with van der Waals surface area (Å²) in [5.41, 5.74) is 5.67. The number of carboxylic acids is 1. The van der Waals surface area contributed by atoms with E-state index in [1.807, 2.05) is 12.1 Å². The minimum atomic E-state index is -0.977. The van der Waals surface area contributed by atoms with Gasteiger partial charge in [0.2, 0.25) is 0 Å². The van der Waals surface area contributed by atoms with Crippen LogP contribution in [0.25, 0.3) is 0 Å². The molecule has 108 valence electrons. The first-order valence-corrected chi connectivity index (χ1v) is 6.79. The molecule has 21 heavy (non-hydrogen) atoms. The summed E-state index contributed by atoms with van der Waals surface area (Å²) in [6, 6.07) is 14.8. The van der Waals surface area contributed by atoms with Crippen molar-refractivity contribution in [3.63, 3.8) is 0 Å². The van der Waals surface area contributed by atoms with Crippen molar-refractivity contribution in [3.05, 3.63) is 65.2 Å². The molecule has 4 heteroatoms. The average molecular weight is 282 g/mol. The first-order valence-electron chi connectivity index (χ1n) is 6.79. The zero-order valence-electron chi connectivity index (χ0n) is 12.1. The van der Waals surface area contributed by atoms with Crippen molar-refractivity contribution in [2.45, 2.75) is 19.8 Å². The van der Waals surface area contributed by atoms with Crippen molar-refractivity contribution >= 4 is 17.9 Å². The molecular weight excluding hydrogens is 264 g/mol. The molecule has 2 rings (SSSR count). The van der Waals surface area contributed by atoms with Crippen molar-refractivity contribution in [3.8, 4) is 0 Å². The van der Waals surface area contributed by atoms with Crippen molar-refractivity contribution in [2.75, 3.05) is 5.43 Å². The molecule has 4 nitrogen and oxygen atoms in total. The van der Waals surface area contributed by atoms with Gasteiger partial charge in [0, 0.05) is 0 Å². The van der Waals surface area contributed by atoms with E-state index >= 15 is 0 Å². The summed E-state index contributed by atoms with van der Waals surface area (Å²) in [5.74, 6) is -0.480. The molecule has 0 spiro atoms. The fourth-order valence-corrected chi connectivity index (χ4v) is 1.91. The maximum Gasteiger partial charge on any atom is 0.337 e. The Hall–Kier alpha value is -2.62. The number of nitrogens with zero attached hydrogens (tertiary/aromatic N) is 1. The predicted octanol–water partition coefficient (Wildman–Crippen LogP) is 3.95. The molecule has 0 radical (unpaired) electrons. The van der Waals surface area contributed by atoms with Crippen molar-refractivity contribution in [1.82, 2.24) is 0 Å². The highest BCUT2D eigenvalue weighted by atomic mass is 16.4. The summed E-state index contributed by atoms with van der Waals surface area (Å²) in [4.78, 5) is 11.1. The molecule has 0 unspecified atom stereocenters. The number of nitrogens with one attached hydrogen (secondary N) is 1. The fourth-order valence-electron chi connectivity index (χ4n) is 1.91. The van der Waals surface area contributed by atoms with Gasteiger partial charge in [0.1, 0.15) is 0 Å². The Balaban J connectivity index is 2.07. The molecule has 0 aliphatic rings. The smallest absolute Gasteiger partial charge is 0.337 e. The Bertz CT molecular complexity index is 646. The van der Waals surface area contributed by atoms with Crippen LogP contribution in [0.5, 0.6) is 0 Å². The lowest BCUT2D eigenvalue weighted by Gasteiger charge is -2.05. The number of carboxylic acid groups (broad SMARTS) is 1. The molecule has 0 bridgehead atoms. The van der Waals surface area contributed by atoms with Gasteiger partial charge in [-0.3, -0.25) is 5.43 Å². The molecule has 0 heterocycles. The quantitative estimate of drug-likeness (QED) is 0.644. The Morgan fingerprint density at radius 2 is 1.81 bits per heavy atom. The van der Waals surface area contributed by atoms with Gasteiger partial charge in [-0.15, -0.1) is 0 Å². The lowest BCUT2D eigenvalue weighted by Crippen LogP contribution is -2.02. The van der Waals surface area contributed by atoms with Crippen LogP contribution < -0.4 is 5.43 Å². The first kappa shape index (κ1) is 14.8. The van der Waals surface area contributed by atoms with E-state index in [0.29, 0.717) is 11.6 Å². The monoisotopic (exact) mass is 282 g/mol. The van der Waals surface area contributed by atoms with Crippen molar-refractivity contribution < 1.29 is 9.90 Å². The molecule has 0 saturated heterocycles.